The van der Waals surface area contributed by atoms with Gasteiger partial charge in [-0.3, -0.25) is 0 Å². The quantitative estimate of drug-likeness (QED) is 0.426. The average Bonchev–Trinajstić information content (AvgIpc) is 2.31. The van der Waals surface area contributed by atoms with Gasteiger partial charge < -0.3 is 10.5 Å². The van der Waals surface area contributed by atoms with Gasteiger partial charge in [-0.1, -0.05) is 0 Å². The van der Waals surface area contributed by atoms with Crippen LogP contribution < -0.4 is 10.5 Å². The second-order valence-electron chi connectivity index (χ2n) is 3.74. The maximum Gasteiger partial charge on any atom is 0.119 e. The molecule has 0 saturated carbocycles. The SMILES string of the molecule is Cl.N[C@H](CS)CCCCOc1ccc(I)cc1. The molecule has 2 N–H and O–H groups in total. The first-order chi connectivity index (χ1) is 7.72. The van der Waals surface area contributed by atoms with Gasteiger partial charge in [0.2, 0.25) is 0 Å². The fraction of sp³-hybridized carbons (Fsp3) is 0.500. The van der Waals surface area contributed by atoms with Gasteiger partial charge in [-0.05, 0) is 66.1 Å². The van der Waals surface area contributed by atoms with Crippen molar-refractivity contribution in [3.63, 3.8) is 0 Å². The van der Waals surface area contributed by atoms with Gasteiger partial charge in [0.1, 0.15) is 5.75 Å². The van der Waals surface area contributed by atoms with Crippen molar-refractivity contribution < 1.29 is 4.74 Å². The second-order valence-corrected chi connectivity index (χ2v) is 5.35. The summed E-state index contributed by atoms with van der Waals surface area (Å²) in [7, 11) is 0. The molecule has 0 unspecified atom stereocenters. The Morgan fingerprint density at radius 3 is 2.47 bits per heavy atom. The molecule has 0 fully saturated rings. The number of nitrogens with two attached hydrogens (primary N) is 1. The number of ether oxygens (including phenoxy) is 1. The summed E-state index contributed by atoms with van der Waals surface area (Å²) in [5, 5.41) is 0. The van der Waals surface area contributed by atoms with Gasteiger partial charge in [-0.2, -0.15) is 12.6 Å². The number of rotatable bonds is 7. The van der Waals surface area contributed by atoms with Crippen LogP contribution in [0.3, 0.4) is 0 Å². The number of hydrogen-bond donors (Lipinski definition) is 2. The molecule has 0 aliphatic carbocycles. The maximum absolute atomic E-state index is 5.76. The normalized spacial score (nSPS) is 11.7. The molecule has 0 aliphatic heterocycles. The molecular formula is C12H19ClINOS. The van der Waals surface area contributed by atoms with Crippen LogP contribution in [-0.2, 0) is 0 Å². The summed E-state index contributed by atoms with van der Waals surface area (Å²) in [6.07, 6.45) is 3.18. The van der Waals surface area contributed by atoms with Crippen LogP contribution in [0.2, 0.25) is 0 Å². The van der Waals surface area contributed by atoms with Crippen LogP contribution in [0.5, 0.6) is 5.75 Å². The predicted octanol–water partition coefficient (Wildman–Crippen LogP) is 3.52. The monoisotopic (exact) mass is 387 g/mol. The van der Waals surface area contributed by atoms with Gasteiger partial charge in [0, 0.05) is 15.4 Å². The molecule has 5 heteroatoms. The highest BCUT2D eigenvalue weighted by atomic mass is 127. The van der Waals surface area contributed by atoms with Crippen LogP contribution in [0, 0.1) is 3.57 Å². The third kappa shape index (κ3) is 8.13. The molecule has 1 aromatic rings. The maximum atomic E-state index is 5.76. The van der Waals surface area contributed by atoms with E-state index in [0.717, 1.165) is 37.4 Å². The van der Waals surface area contributed by atoms with Crippen molar-refractivity contribution in [2.75, 3.05) is 12.4 Å². The third-order valence-corrected chi connectivity index (χ3v) is 3.47. The van der Waals surface area contributed by atoms with E-state index in [4.69, 9.17) is 10.5 Å². The fourth-order valence-electron chi connectivity index (χ4n) is 1.32. The van der Waals surface area contributed by atoms with Crippen LogP contribution in [0.1, 0.15) is 19.3 Å². The highest BCUT2D eigenvalue weighted by Crippen LogP contribution is 2.14. The van der Waals surface area contributed by atoms with E-state index < -0.39 is 0 Å². The molecule has 1 atom stereocenters. The number of hydrogen-bond acceptors (Lipinski definition) is 3. The minimum atomic E-state index is 0. The van der Waals surface area contributed by atoms with Crippen LogP contribution in [0.15, 0.2) is 24.3 Å². The molecule has 0 spiro atoms. The van der Waals surface area contributed by atoms with Gasteiger partial charge in [0.15, 0.2) is 0 Å². The smallest absolute Gasteiger partial charge is 0.119 e. The Kier molecular flexibility index (Phi) is 10.5. The number of unbranched alkanes of at least 4 members (excludes halogenated alkanes) is 1. The minimum absolute atomic E-state index is 0. The van der Waals surface area contributed by atoms with Crippen molar-refractivity contribution in [2.24, 2.45) is 5.73 Å². The van der Waals surface area contributed by atoms with Gasteiger partial charge >= 0.3 is 0 Å². The van der Waals surface area contributed by atoms with E-state index in [9.17, 15) is 0 Å². The van der Waals surface area contributed by atoms with Crippen molar-refractivity contribution in [3.8, 4) is 5.75 Å². The zero-order chi connectivity index (χ0) is 11.8. The summed E-state index contributed by atoms with van der Waals surface area (Å²) in [6, 6.07) is 8.32. The molecule has 0 amide bonds. The highest BCUT2D eigenvalue weighted by Gasteiger charge is 1.99. The molecular weight excluding hydrogens is 369 g/mol. The van der Waals surface area contributed by atoms with E-state index in [0.29, 0.717) is 0 Å². The molecule has 0 aliphatic rings. The lowest BCUT2D eigenvalue weighted by atomic mass is 10.1. The zero-order valence-corrected chi connectivity index (χ0v) is 13.5. The molecule has 17 heavy (non-hydrogen) atoms. The van der Waals surface area contributed by atoms with Crippen LogP contribution in [0.25, 0.3) is 0 Å². The summed E-state index contributed by atoms with van der Waals surface area (Å²) in [5.41, 5.74) is 5.76. The van der Waals surface area contributed by atoms with Gasteiger partial charge in [0.05, 0.1) is 6.61 Å². The Morgan fingerprint density at radius 2 is 1.88 bits per heavy atom. The van der Waals surface area contributed by atoms with Crippen molar-refractivity contribution in [3.05, 3.63) is 27.8 Å². The first-order valence-electron chi connectivity index (χ1n) is 5.47. The van der Waals surface area contributed by atoms with E-state index in [1.54, 1.807) is 0 Å². The molecule has 1 aromatic carbocycles. The van der Waals surface area contributed by atoms with Crippen LogP contribution >= 0.6 is 47.6 Å². The molecule has 0 aromatic heterocycles. The van der Waals surface area contributed by atoms with Gasteiger partial charge in [-0.25, -0.2) is 0 Å². The standard InChI is InChI=1S/C12H18INOS.ClH/c13-10-4-6-12(7-5-10)15-8-2-1-3-11(14)9-16;/h4-7,11,16H,1-3,8-9,14H2;1H/t11-;/m0./s1. The summed E-state index contributed by atoms with van der Waals surface area (Å²) in [6.45, 7) is 0.764. The van der Waals surface area contributed by atoms with Crippen LogP contribution in [0.4, 0.5) is 0 Å². The van der Waals surface area contributed by atoms with E-state index in [1.165, 1.54) is 3.57 Å². The summed E-state index contributed by atoms with van der Waals surface area (Å²) >= 11 is 6.43. The fourth-order valence-corrected chi connectivity index (χ4v) is 1.86. The Bertz CT molecular complexity index is 297. The van der Waals surface area contributed by atoms with E-state index in [-0.39, 0.29) is 18.4 Å². The number of halogens is 2. The lowest BCUT2D eigenvalue weighted by Crippen LogP contribution is -2.21. The molecule has 0 radical (unpaired) electrons. The predicted molar refractivity (Wildman–Crippen MR) is 87.6 cm³/mol. The lowest BCUT2D eigenvalue weighted by Gasteiger charge is -2.08. The highest BCUT2D eigenvalue weighted by molar-refractivity contribution is 14.1. The van der Waals surface area contributed by atoms with Gasteiger partial charge in [0.25, 0.3) is 0 Å². The van der Waals surface area contributed by atoms with E-state index in [1.807, 2.05) is 24.3 Å². The minimum Gasteiger partial charge on any atom is -0.494 e. The van der Waals surface area contributed by atoms with Crippen LogP contribution in [-0.4, -0.2) is 18.4 Å². The average molecular weight is 388 g/mol. The topological polar surface area (TPSA) is 35.2 Å². The lowest BCUT2D eigenvalue weighted by molar-refractivity contribution is 0.304. The molecule has 0 heterocycles. The number of thiol groups is 1. The second kappa shape index (κ2) is 10.3. The summed E-state index contributed by atoms with van der Waals surface area (Å²) in [4.78, 5) is 0. The Balaban J connectivity index is 0.00000256. The third-order valence-electron chi connectivity index (χ3n) is 2.29. The largest absolute Gasteiger partial charge is 0.494 e. The summed E-state index contributed by atoms with van der Waals surface area (Å²) in [5.74, 6) is 1.71. The zero-order valence-electron chi connectivity index (χ0n) is 9.64. The summed E-state index contributed by atoms with van der Waals surface area (Å²) < 4.78 is 6.84. The molecule has 1 rings (SSSR count). The van der Waals surface area contributed by atoms with Crippen molar-refractivity contribution in [1.29, 1.82) is 0 Å². The molecule has 0 saturated heterocycles. The molecule has 98 valence electrons. The Hall–Kier alpha value is 0.350. The Labute approximate surface area is 129 Å². The van der Waals surface area contributed by atoms with E-state index in [2.05, 4.69) is 35.2 Å². The molecule has 2 nitrogen and oxygen atoms in total. The first kappa shape index (κ1) is 17.4. The van der Waals surface area contributed by atoms with Crippen molar-refractivity contribution in [1.82, 2.24) is 0 Å². The Morgan fingerprint density at radius 1 is 1.24 bits per heavy atom. The van der Waals surface area contributed by atoms with Crippen molar-refractivity contribution in [2.45, 2.75) is 25.3 Å². The molecule has 0 bridgehead atoms. The van der Waals surface area contributed by atoms with Crippen molar-refractivity contribution >= 4 is 47.6 Å². The van der Waals surface area contributed by atoms with E-state index >= 15 is 0 Å². The first-order valence-corrected chi connectivity index (χ1v) is 7.18. The number of benzene rings is 1. The van der Waals surface area contributed by atoms with Gasteiger partial charge in [-0.15, -0.1) is 12.4 Å².